The van der Waals surface area contributed by atoms with Gasteiger partial charge in [-0.05, 0) is 25.7 Å². The van der Waals surface area contributed by atoms with Gasteiger partial charge in [-0.1, -0.05) is 70.4 Å². The van der Waals surface area contributed by atoms with E-state index in [-0.39, 0.29) is 6.10 Å². The molecule has 0 heterocycles. The van der Waals surface area contributed by atoms with Crippen molar-refractivity contribution in [3.8, 4) is 0 Å². The van der Waals surface area contributed by atoms with Crippen LogP contribution in [0.1, 0.15) is 90.4 Å². The van der Waals surface area contributed by atoms with Crippen LogP contribution in [0.4, 0.5) is 0 Å². The molecule has 0 radical (unpaired) electrons. The molecule has 0 aromatic heterocycles. The van der Waals surface area contributed by atoms with Crippen LogP contribution >= 0.6 is 0 Å². The summed E-state index contributed by atoms with van der Waals surface area (Å²) in [6.07, 6.45) is 17.4. The first-order chi connectivity index (χ1) is 10.2. The first-order valence-corrected chi connectivity index (χ1v) is 8.71. The van der Waals surface area contributed by atoms with Gasteiger partial charge in [-0.2, -0.15) is 0 Å². The molecular weight excluding hydrogens is 264 g/mol. The van der Waals surface area contributed by atoms with E-state index < -0.39 is 5.97 Å². The molecule has 0 bridgehead atoms. The fourth-order valence-electron chi connectivity index (χ4n) is 2.37. The summed E-state index contributed by atoms with van der Waals surface area (Å²) >= 11 is 0. The van der Waals surface area contributed by atoms with Crippen LogP contribution in [0.2, 0.25) is 0 Å². The fourth-order valence-corrected chi connectivity index (χ4v) is 2.37. The normalized spacial score (nSPS) is 12.9. The summed E-state index contributed by atoms with van der Waals surface area (Å²) in [7, 11) is 0. The SMILES string of the molecule is CCCC=CCC(O)CCCCCCCCCCC(=O)O. The Morgan fingerprint density at radius 1 is 0.952 bits per heavy atom. The Morgan fingerprint density at radius 2 is 1.52 bits per heavy atom. The van der Waals surface area contributed by atoms with Crippen LogP contribution < -0.4 is 0 Å². The van der Waals surface area contributed by atoms with Gasteiger partial charge in [0.15, 0.2) is 0 Å². The summed E-state index contributed by atoms with van der Waals surface area (Å²) in [6, 6.07) is 0. The molecule has 1 unspecified atom stereocenters. The first-order valence-electron chi connectivity index (χ1n) is 8.71. The Morgan fingerprint density at radius 3 is 2.10 bits per heavy atom. The highest BCUT2D eigenvalue weighted by Crippen LogP contribution is 2.12. The van der Waals surface area contributed by atoms with E-state index in [9.17, 15) is 9.90 Å². The third kappa shape index (κ3) is 17.1. The minimum atomic E-state index is -0.682. The summed E-state index contributed by atoms with van der Waals surface area (Å²) in [4.78, 5) is 10.3. The molecule has 0 rings (SSSR count). The number of rotatable bonds is 15. The molecule has 0 aliphatic heterocycles. The Labute approximate surface area is 130 Å². The molecule has 0 aromatic rings. The summed E-state index contributed by atoms with van der Waals surface area (Å²) in [5, 5.41) is 18.3. The maximum atomic E-state index is 10.3. The quantitative estimate of drug-likeness (QED) is 0.327. The highest BCUT2D eigenvalue weighted by Gasteiger charge is 2.01. The molecule has 0 saturated carbocycles. The molecular formula is C18H34O3. The van der Waals surface area contributed by atoms with E-state index in [0.717, 1.165) is 44.9 Å². The maximum absolute atomic E-state index is 10.3. The topological polar surface area (TPSA) is 57.5 Å². The number of aliphatic hydroxyl groups excluding tert-OH is 1. The lowest BCUT2D eigenvalue weighted by atomic mass is 10.0. The molecule has 3 nitrogen and oxygen atoms in total. The summed E-state index contributed by atoms with van der Waals surface area (Å²) in [6.45, 7) is 2.16. The Bertz CT molecular complexity index is 261. The first kappa shape index (κ1) is 20.2. The molecule has 3 heteroatoms. The number of carbonyl (C=O) groups is 1. The van der Waals surface area contributed by atoms with Crippen LogP contribution in [0.25, 0.3) is 0 Å². The zero-order chi connectivity index (χ0) is 15.8. The van der Waals surface area contributed by atoms with Gasteiger partial charge in [0.1, 0.15) is 0 Å². The predicted molar refractivity (Wildman–Crippen MR) is 88.5 cm³/mol. The van der Waals surface area contributed by atoms with Crippen molar-refractivity contribution in [1.82, 2.24) is 0 Å². The largest absolute Gasteiger partial charge is 0.481 e. The number of aliphatic carboxylic acids is 1. The lowest BCUT2D eigenvalue weighted by Crippen LogP contribution is -2.04. The minimum absolute atomic E-state index is 0.172. The minimum Gasteiger partial charge on any atom is -0.481 e. The van der Waals surface area contributed by atoms with Gasteiger partial charge >= 0.3 is 5.97 Å². The molecule has 0 aromatic carbocycles. The number of carboxylic acid groups (broad SMARTS) is 1. The molecule has 0 spiro atoms. The van der Waals surface area contributed by atoms with Crippen LogP contribution in [0.3, 0.4) is 0 Å². The highest BCUT2D eigenvalue weighted by molar-refractivity contribution is 5.66. The third-order valence-corrected chi connectivity index (χ3v) is 3.71. The van der Waals surface area contributed by atoms with Crippen LogP contribution in [0, 0.1) is 0 Å². The number of carboxylic acids is 1. The number of unbranched alkanes of at least 4 members (excludes halogenated alkanes) is 8. The number of hydrogen-bond acceptors (Lipinski definition) is 2. The summed E-state index contributed by atoms with van der Waals surface area (Å²) in [5.41, 5.74) is 0. The Kier molecular flexibility index (Phi) is 14.9. The molecule has 0 saturated heterocycles. The lowest BCUT2D eigenvalue weighted by Gasteiger charge is -2.07. The van der Waals surface area contributed by atoms with Gasteiger partial charge in [-0.25, -0.2) is 0 Å². The van der Waals surface area contributed by atoms with Gasteiger partial charge in [-0.3, -0.25) is 4.79 Å². The Balaban J connectivity index is 3.19. The standard InChI is InChI=1S/C18H34O3/c1-2-3-4-11-14-17(19)15-12-9-7-5-6-8-10-13-16-18(20)21/h4,11,17,19H,2-3,5-10,12-16H2,1H3,(H,20,21). The van der Waals surface area contributed by atoms with Crippen molar-refractivity contribution >= 4 is 5.97 Å². The third-order valence-electron chi connectivity index (χ3n) is 3.71. The van der Waals surface area contributed by atoms with Crippen molar-refractivity contribution in [1.29, 1.82) is 0 Å². The van der Waals surface area contributed by atoms with Crippen molar-refractivity contribution in [3.63, 3.8) is 0 Å². The molecule has 1 atom stereocenters. The van der Waals surface area contributed by atoms with Crippen LogP contribution in [-0.4, -0.2) is 22.3 Å². The lowest BCUT2D eigenvalue weighted by molar-refractivity contribution is -0.137. The second-order valence-corrected chi connectivity index (χ2v) is 5.91. The van der Waals surface area contributed by atoms with Crippen LogP contribution in [0.5, 0.6) is 0 Å². The molecule has 21 heavy (non-hydrogen) atoms. The van der Waals surface area contributed by atoms with Crippen molar-refractivity contribution in [2.75, 3.05) is 0 Å². The van der Waals surface area contributed by atoms with Crippen molar-refractivity contribution in [2.24, 2.45) is 0 Å². The average Bonchev–Trinajstić information content (AvgIpc) is 2.45. The monoisotopic (exact) mass is 298 g/mol. The molecule has 124 valence electrons. The average molecular weight is 298 g/mol. The fraction of sp³-hybridized carbons (Fsp3) is 0.833. The van der Waals surface area contributed by atoms with E-state index in [0.29, 0.717) is 6.42 Å². The molecule has 0 amide bonds. The Hall–Kier alpha value is -0.830. The van der Waals surface area contributed by atoms with E-state index >= 15 is 0 Å². The van der Waals surface area contributed by atoms with Gasteiger partial charge in [0.2, 0.25) is 0 Å². The summed E-state index contributed by atoms with van der Waals surface area (Å²) in [5.74, 6) is -0.682. The van der Waals surface area contributed by atoms with Crippen LogP contribution in [0.15, 0.2) is 12.2 Å². The van der Waals surface area contributed by atoms with Crippen molar-refractivity contribution in [2.45, 2.75) is 96.5 Å². The molecule has 0 aliphatic carbocycles. The van der Waals surface area contributed by atoms with E-state index in [1.807, 2.05) is 0 Å². The van der Waals surface area contributed by atoms with E-state index in [2.05, 4.69) is 19.1 Å². The van der Waals surface area contributed by atoms with Gasteiger partial charge < -0.3 is 10.2 Å². The number of aliphatic hydroxyl groups is 1. The smallest absolute Gasteiger partial charge is 0.303 e. The maximum Gasteiger partial charge on any atom is 0.303 e. The zero-order valence-corrected chi connectivity index (χ0v) is 13.7. The molecule has 0 fully saturated rings. The van der Waals surface area contributed by atoms with E-state index in [1.165, 1.54) is 32.1 Å². The van der Waals surface area contributed by atoms with Gasteiger partial charge in [0, 0.05) is 6.42 Å². The van der Waals surface area contributed by atoms with Crippen molar-refractivity contribution in [3.05, 3.63) is 12.2 Å². The van der Waals surface area contributed by atoms with Gasteiger partial charge in [0.05, 0.1) is 6.10 Å². The van der Waals surface area contributed by atoms with Crippen LogP contribution in [-0.2, 0) is 4.79 Å². The number of allylic oxidation sites excluding steroid dienone is 1. The summed E-state index contributed by atoms with van der Waals surface area (Å²) < 4.78 is 0. The number of hydrogen-bond donors (Lipinski definition) is 2. The second-order valence-electron chi connectivity index (χ2n) is 5.91. The second kappa shape index (κ2) is 15.6. The van der Waals surface area contributed by atoms with Crippen molar-refractivity contribution < 1.29 is 15.0 Å². The van der Waals surface area contributed by atoms with E-state index in [1.54, 1.807) is 0 Å². The van der Waals surface area contributed by atoms with E-state index in [4.69, 9.17) is 5.11 Å². The zero-order valence-electron chi connectivity index (χ0n) is 13.7. The highest BCUT2D eigenvalue weighted by atomic mass is 16.4. The van der Waals surface area contributed by atoms with Gasteiger partial charge in [0.25, 0.3) is 0 Å². The predicted octanol–water partition coefficient (Wildman–Crippen LogP) is 5.08. The molecule has 2 N–H and O–H groups in total. The molecule has 0 aliphatic rings. The van der Waals surface area contributed by atoms with Gasteiger partial charge in [-0.15, -0.1) is 0 Å².